The second-order valence-corrected chi connectivity index (χ2v) is 6.97. The SMILES string of the molecule is CC(C)N(C(=O)c1cc([N+](=O)[O-])c(O)cc1C(F)(F)F)[C@@H]1CCCN(C(=O)O)C1. The summed E-state index contributed by atoms with van der Waals surface area (Å²) in [6, 6.07) is -0.724. The first-order chi connectivity index (χ1) is 13.3. The van der Waals surface area contributed by atoms with Gasteiger partial charge in [-0.1, -0.05) is 0 Å². The maximum atomic E-state index is 13.5. The number of likely N-dealkylation sites (tertiary alicyclic amines) is 1. The van der Waals surface area contributed by atoms with Crippen molar-refractivity contribution in [3.8, 4) is 5.75 Å². The number of rotatable bonds is 4. The van der Waals surface area contributed by atoms with E-state index in [1.165, 1.54) is 0 Å². The molecule has 29 heavy (non-hydrogen) atoms. The van der Waals surface area contributed by atoms with Gasteiger partial charge >= 0.3 is 18.0 Å². The third-order valence-corrected chi connectivity index (χ3v) is 4.70. The number of piperidine rings is 1. The fourth-order valence-corrected chi connectivity index (χ4v) is 3.45. The number of amides is 2. The highest BCUT2D eigenvalue weighted by Crippen LogP contribution is 2.39. The Hall–Kier alpha value is -3.05. The summed E-state index contributed by atoms with van der Waals surface area (Å²) in [4.78, 5) is 36.5. The maximum Gasteiger partial charge on any atom is 0.417 e. The average Bonchev–Trinajstić information content (AvgIpc) is 2.60. The minimum Gasteiger partial charge on any atom is -0.502 e. The van der Waals surface area contributed by atoms with E-state index in [2.05, 4.69) is 0 Å². The summed E-state index contributed by atoms with van der Waals surface area (Å²) in [7, 11) is 0. The molecule has 2 N–H and O–H groups in total. The first-order valence-electron chi connectivity index (χ1n) is 8.73. The van der Waals surface area contributed by atoms with Crippen LogP contribution in [0.15, 0.2) is 12.1 Å². The van der Waals surface area contributed by atoms with E-state index in [-0.39, 0.29) is 19.2 Å². The van der Waals surface area contributed by atoms with E-state index >= 15 is 0 Å². The molecule has 1 aromatic rings. The minimum atomic E-state index is -5.04. The molecule has 1 aromatic carbocycles. The van der Waals surface area contributed by atoms with Crippen molar-refractivity contribution in [1.82, 2.24) is 9.80 Å². The van der Waals surface area contributed by atoms with Gasteiger partial charge in [0.25, 0.3) is 5.91 Å². The number of aromatic hydroxyl groups is 1. The molecule has 9 nitrogen and oxygen atoms in total. The van der Waals surface area contributed by atoms with Gasteiger partial charge < -0.3 is 20.0 Å². The van der Waals surface area contributed by atoms with Gasteiger partial charge in [-0.05, 0) is 26.7 Å². The average molecular weight is 419 g/mol. The third-order valence-electron chi connectivity index (χ3n) is 4.70. The zero-order chi connectivity index (χ0) is 22.1. The van der Waals surface area contributed by atoms with Gasteiger partial charge in [0.2, 0.25) is 0 Å². The molecule has 0 saturated carbocycles. The number of hydrogen-bond acceptors (Lipinski definition) is 5. The zero-order valence-corrected chi connectivity index (χ0v) is 15.6. The molecule has 0 unspecified atom stereocenters. The molecule has 0 radical (unpaired) electrons. The van der Waals surface area contributed by atoms with Crippen LogP contribution in [-0.2, 0) is 6.18 Å². The number of carbonyl (C=O) groups excluding carboxylic acids is 1. The van der Waals surface area contributed by atoms with Gasteiger partial charge in [0.15, 0.2) is 5.75 Å². The Bertz CT molecular complexity index is 827. The third kappa shape index (κ3) is 4.69. The Morgan fingerprint density at radius 3 is 2.45 bits per heavy atom. The van der Waals surface area contributed by atoms with Gasteiger partial charge in [0.05, 0.1) is 22.1 Å². The lowest BCUT2D eigenvalue weighted by Crippen LogP contribution is -2.54. The Balaban J connectivity index is 2.55. The molecule has 12 heteroatoms. The molecule has 1 fully saturated rings. The van der Waals surface area contributed by atoms with Crippen LogP contribution in [-0.4, -0.2) is 62.1 Å². The number of nitro groups is 1. The Labute approximate surface area is 163 Å². The van der Waals surface area contributed by atoms with Crippen LogP contribution in [0.5, 0.6) is 5.75 Å². The first kappa shape index (κ1) is 22.2. The van der Waals surface area contributed by atoms with Crippen LogP contribution in [0.4, 0.5) is 23.7 Å². The lowest BCUT2D eigenvalue weighted by Gasteiger charge is -2.40. The minimum absolute atomic E-state index is 0.0826. The van der Waals surface area contributed by atoms with Crippen LogP contribution in [0.2, 0.25) is 0 Å². The summed E-state index contributed by atoms with van der Waals surface area (Å²) < 4.78 is 40.4. The molecule has 1 aliphatic rings. The van der Waals surface area contributed by atoms with Crippen molar-refractivity contribution >= 4 is 17.7 Å². The fourth-order valence-electron chi connectivity index (χ4n) is 3.45. The van der Waals surface area contributed by atoms with E-state index in [4.69, 9.17) is 0 Å². The maximum absolute atomic E-state index is 13.5. The Morgan fingerprint density at radius 1 is 1.34 bits per heavy atom. The fraction of sp³-hybridized carbons (Fsp3) is 0.529. The lowest BCUT2D eigenvalue weighted by molar-refractivity contribution is -0.385. The second-order valence-electron chi connectivity index (χ2n) is 6.97. The monoisotopic (exact) mass is 419 g/mol. The van der Waals surface area contributed by atoms with E-state index < -0.39 is 57.7 Å². The molecule has 0 aromatic heterocycles. The number of benzene rings is 1. The van der Waals surface area contributed by atoms with Gasteiger partial charge in [-0.2, -0.15) is 13.2 Å². The quantitative estimate of drug-likeness (QED) is 0.570. The molecule has 1 heterocycles. The van der Waals surface area contributed by atoms with E-state index in [1.807, 2.05) is 0 Å². The standard InChI is InChI=1S/C17H20F3N3O6/c1-9(2)22(10-4-3-5-21(8-10)16(26)27)15(25)11-6-13(23(28)29)14(24)7-12(11)17(18,19)20/h6-7,9-10,24H,3-5,8H2,1-2H3,(H,26,27)/t10-/m1/s1. The number of hydrogen-bond donors (Lipinski definition) is 2. The molecule has 0 bridgehead atoms. The number of halogens is 3. The molecule has 160 valence electrons. The molecular formula is C17H20F3N3O6. The van der Waals surface area contributed by atoms with Crippen molar-refractivity contribution in [2.45, 2.75) is 44.9 Å². The van der Waals surface area contributed by atoms with Crippen LogP contribution in [0.3, 0.4) is 0 Å². The summed E-state index contributed by atoms with van der Waals surface area (Å²) in [5.74, 6) is -2.32. The number of carbonyl (C=O) groups is 2. The largest absolute Gasteiger partial charge is 0.502 e. The lowest BCUT2D eigenvalue weighted by atomic mass is 9.98. The smallest absolute Gasteiger partial charge is 0.417 e. The van der Waals surface area contributed by atoms with Gasteiger partial charge in [-0.15, -0.1) is 0 Å². The topological polar surface area (TPSA) is 124 Å². The summed E-state index contributed by atoms with van der Waals surface area (Å²) in [6.07, 6.45) is -5.47. The van der Waals surface area contributed by atoms with E-state index in [9.17, 15) is 43.1 Å². The molecule has 1 aliphatic heterocycles. The molecule has 1 atom stereocenters. The number of alkyl halides is 3. The van der Waals surface area contributed by atoms with Crippen LogP contribution in [0, 0.1) is 10.1 Å². The number of phenolic OH excluding ortho intramolecular Hbond substituents is 1. The summed E-state index contributed by atoms with van der Waals surface area (Å²) >= 11 is 0. The number of nitrogens with zero attached hydrogens (tertiary/aromatic N) is 3. The molecule has 0 spiro atoms. The molecule has 2 amide bonds. The predicted molar refractivity (Wildman–Crippen MR) is 93.7 cm³/mol. The van der Waals surface area contributed by atoms with Gasteiger partial charge in [-0.25, -0.2) is 4.79 Å². The summed E-state index contributed by atoms with van der Waals surface area (Å²) in [5.41, 5.74) is -3.49. The van der Waals surface area contributed by atoms with Crippen LogP contribution >= 0.6 is 0 Å². The van der Waals surface area contributed by atoms with Crippen LogP contribution < -0.4 is 0 Å². The van der Waals surface area contributed by atoms with Crippen molar-refractivity contribution in [3.63, 3.8) is 0 Å². The van der Waals surface area contributed by atoms with Crippen molar-refractivity contribution < 1.29 is 37.9 Å². The van der Waals surface area contributed by atoms with Crippen molar-refractivity contribution in [2.75, 3.05) is 13.1 Å². The van der Waals surface area contributed by atoms with E-state index in [0.717, 1.165) is 9.80 Å². The number of carboxylic acid groups (broad SMARTS) is 1. The van der Waals surface area contributed by atoms with Crippen LogP contribution in [0.1, 0.15) is 42.6 Å². The number of nitro benzene ring substituents is 1. The molecule has 2 rings (SSSR count). The normalized spacial score (nSPS) is 17.3. The van der Waals surface area contributed by atoms with Crippen LogP contribution in [0.25, 0.3) is 0 Å². The number of phenols is 1. The Morgan fingerprint density at radius 2 is 1.97 bits per heavy atom. The van der Waals surface area contributed by atoms with Gasteiger partial charge in [-0.3, -0.25) is 14.9 Å². The first-order valence-corrected chi connectivity index (χ1v) is 8.73. The van der Waals surface area contributed by atoms with E-state index in [0.29, 0.717) is 18.9 Å². The molecular weight excluding hydrogens is 399 g/mol. The summed E-state index contributed by atoms with van der Waals surface area (Å²) in [5, 5.41) is 29.8. The Kier molecular flexibility index (Phi) is 6.24. The second kappa shape index (κ2) is 8.13. The molecule has 1 saturated heterocycles. The predicted octanol–water partition coefficient (Wildman–Crippen LogP) is 3.31. The highest BCUT2D eigenvalue weighted by Gasteiger charge is 2.41. The highest BCUT2D eigenvalue weighted by atomic mass is 19.4. The highest BCUT2D eigenvalue weighted by molar-refractivity contribution is 5.97. The van der Waals surface area contributed by atoms with Crippen molar-refractivity contribution in [2.24, 2.45) is 0 Å². The zero-order valence-electron chi connectivity index (χ0n) is 15.6. The van der Waals surface area contributed by atoms with Gasteiger partial charge in [0, 0.05) is 31.3 Å². The van der Waals surface area contributed by atoms with E-state index in [1.54, 1.807) is 13.8 Å². The van der Waals surface area contributed by atoms with Crippen molar-refractivity contribution in [1.29, 1.82) is 0 Å². The molecule has 0 aliphatic carbocycles. The van der Waals surface area contributed by atoms with Gasteiger partial charge in [0.1, 0.15) is 0 Å². The summed E-state index contributed by atoms with van der Waals surface area (Å²) in [6.45, 7) is 3.27. The van der Waals surface area contributed by atoms with Crippen molar-refractivity contribution in [3.05, 3.63) is 33.4 Å².